The van der Waals surface area contributed by atoms with Crippen LogP contribution in [0.2, 0.25) is 0 Å². The van der Waals surface area contributed by atoms with Crippen LogP contribution in [0.5, 0.6) is 0 Å². The van der Waals surface area contributed by atoms with Crippen molar-refractivity contribution in [3.63, 3.8) is 0 Å². The zero-order valence-electron chi connectivity index (χ0n) is 18.5. The van der Waals surface area contributed by atoms with Crippen molar-refractivity contribution in [2.45, 2.75) is 36.4 Å². The van der Waals surface area contributed by atoms with Crippen LogP contribution in [0.1, 0.15) is 13.2 Å². The van der Waals surface area contributed by atoms with Gasteiger partial charge in [-0.25, -0.2) is 24.0 Å². The third-order valence-electron chi connectivity index (χ3n) is 5.22. The van der Waals surface area contributed by atoms with Gasteiger partial charge in [0.2, 0.25) is 0 Å². The quantitative estimate of drug-likeness (QED) is 0.231. The first-order valence-electron chi connectivity index (χ1n) is 10.4. The molecule has 1 aromatic carbocycles. The van der Waals surface area contributed by atoms with Gasteiger partial charge in [0, 0.05) is 6.54 Å². The van der Waals surface area contributed by atoms with E-state index in [1.165, 1.54) is 23.0 Å². The summed E-state index contributed by atoms with van der Waals surface area (Å²) in [6, 6.07) is 5.53. The SMILES string of the molecule is C=S(N)(=O)c1ccccc1NC(=O)Nc1ncnc2c1ncn2[C@@H]1O[C@H](C(=O)NCC)C(O)C1O. The summed E-state index contributed by atoms with van der Waals surface area (Å²) in [7, 11) is -3.09. The smallest absolute Gasteiger partial charge is 0.324 e. The number of amides is 3. The Morgan fingerprint density at radius 3 is 2.66 bits per heavy atom. The maximum absolute atomic E-state index is 12.6. The summed E-state index contributed by atoms with van der Waals surface area (Å²) in [5.41, 5.74) is 0.532. The van der Waals surface area contributed by atoms with Crippen LogP contribution >= 0.6 is 0 Å². The number of carbonyl (C=O) groups is 2. The number of benzene rings is 1. The third-order valence-corrected chi connectivity index (χ3v) is 6.32. The summed E-state index contributed by atoms with van der Waals surface area (Å²) in [5.74, 6) is 2.90. The first-order chi connectivity index (χ1) is 16.6. The van der Waals surface area contributed by atoms with E-state index in [0.29, 0.717) is 6.54 Å². The highest BCUT2D eigenvalue weighted by molar-refractivity contribution is 7.98. The summed E-state index contributed by atoms with van der Waals surface area (Å²) >= 11 is 0. The molecular weight excluding hydrogens is 480 g/mol. The molecule has 1 aliphatic rings. The number of anilines is 2. The van der Waals surface area contributed by atoms with Crippen molar-refractivity contribution >= 4 is 50.2 Å². The molecule has 0 aliphatic carbocycles. The van der Waals surface area contributed by atoms with Gasteiger partial charge in [-0.1, -0.05) is 12.1 Å². The molecule has 14 nitrogen and oxygen atoms in total. The highest BCUT2D eigenvalue weighted by Crippen LogP contribution is 2.32. The monoisotopic (exact) mass is 504 g/mol. The number of para-hydroxylation sites is 1. The number of fused-ring (bicyclic) bond motifs is 1. The molecule has 0 spiro atoms. The zero-order chi connectivity index (χ0) is 25.3. The van der Waals surface area contributed by atoms with Crippen molar-refractivity contribution in [1.29, 1.82) is 0 Å². The van der Waals surface area contributed by atoms with Crippen LogP contribution in [0.15, 0.2) is 41.8 Å². The van der Waals surface area contributed by atoms with Gasteiger partial charge in [-0.05, 0) is 24.9 Å². The van der Waals surface area contributed by atoms with Crippen molar-refractivity contribution in [3.05, 3.63) is 36.9 Å². The maximum atomic E-state index is 12.6. The Kier molecular flexibility index (Phi) is 6.68. The predicted octanol–water partition coefficient (Wildman–Crippen LogP) is -0.825. The van der Waals surface area contributed by atoms with Crippen LogP contribution in [0.25, 0.3) is 11.2 Å². The van der Waals surface area contributed by atoms with E-state index in [9.17, 15) is 24.0 Å². The van der Waals surface area contributed by atoms with Crippen molar-refractivity contribution in [2.24, 2.45) is 5.14 Å². The van der Waals surface area contributed by atoms with Crippen LogP contribution in [0.4, 0.5) is 16.3 Å². The summed E-state index contributed by atoms with van der Waals surface area (Å²) in [6.07, 6.45) is -2.93. The highest BCUT2D eigenvalue weighted by Gasteiger charge is 2.47. The van der Waals surface area contributed by atoms with Gasteiger partial charge >= 0.3 is 6.03 Å². The number of nitrogens with one attached hydrogen (secondary N) is 3. The van der Waals surface area contributed by atoms with Gasteiger partial charge in [-0.2, -0.15) is 0 Å². The molecular formula is C20H24N8O6S. The summed E-state index contributed by atoms with van der Waals surface area (Å²) < 4.78 is 19.1. The number of carbonyl (C=O) groups excluding carboxylic acids is 2. The molecule has 15 heteroatoms. The molecule has 0 bridgehead atoms. The van der Waals surface area contributed by atoms with E-state index >= 15 is 0 Å². The second kappa shape index (κ2) is 9.55. The number of likely N-dealkylation sites (N-methyl/N-ethyl adjacent to an activating group) is 1. The van der Waals surface area contributed by atoms with Crippen molar-refractivity contribution < 1.29 is 28.7 Å². The van der Waals surface area contributed by atoms with E-state index in [-0.39, 0.29) is 27.6 Å². The number of hydrogen-bond donors (Lipinski definition) is 6. The number of rotatable bonds is 6. The maximum Gasteiger partial charge on any atom is 0.324 e. The number of aliphatic hydroxyl groups is 2. The summed E-state index contributed by atoms with van der Waals surface area (Å²) in [4.78, 5) is 37.3. The summed E-state index contributed by atoms with van der Waals surface area (Å²) in [5, 5.41) is 34.0. The third kappa shape index (κ3) is 4.80. The Morgan fingerprint density at radius 2 is 1.94 bits per heavy atom. The molecule has 1 fully saturated rings. The first kappa shape index (κ1) is 24.5. The normalized spacial score (nSPS) is 23.5. The molecule has 3 amide bonds. The van der Waals surface area contributed by atoms with E-state index < -0.39 is 46.2 Å². The van der Waals surface area contributed by atoms with Crippen LogP contribution < -0.4 is 21.1 Å². The van der Waals surface area contributed by atoms with Gasteiger partial charge in [0.1, 0.15) is 18.5 Å². The molecule has 3 aromatic rings. The topological polar surface area (TPSA) is 207 Å². The fourth-order valence-electron chi connectivity index (χ4n) is 3.64. The fraction of sp³-hybridized carbons (Fsp3) is 0.300. The van der Waals surface area contributed by atoms with Gasteiger partial charge in [0.25, 0.3) is 5.91 Å². The molecule has 5 atom stereocenters. The number of ether oxygens (including phenoxy) is 1. The molecule has 2 aromatic heterocycles. The molecule has 1 saturated heterocycles. The minimum atomic E-state index is -3.09. The molecule has 0 saturated carbocycles. The van der Waals surface area contributed by atoms with Gasteiger partial charge in [-0.15, -0.1) is 0 Å². The first-order valence-corrected chi connectivity index (χ1v) is 12.2. The van der Waals surface area contributed by atoms with Crippen molar-refractivity contribution in [2.75, 3.05) is 17.2 Å². The van der Waals surface area contributed by atoms with Crippen LogP contribution in [-0.4, -0.2) is 76.6 Å². The number of imidazole rings is 1. The largest absolute Gasteiger partial charge is 0.387 e. The number of hydrogen-bond acceptors (Lipinski definition) is 9. The van der Waals surface area contributed by atoms with E-state index in [0.717, 1.165) is 6.33 Å². The lowest BCUT2D eigenvalue weighted by Crippen LogP contribution is -2.42. The summed E-state index contributed by atoms with van der Waals surface area (Å²) in [6.45, 7) is 2.04. The van der Waals surface area contributed by atoms with Gasteiger partial charge in [0.15, 0.2) is 29.3 Å². The predicted molar refractivity (Wildman–Crippen MR) is 127 cm³/mol. The lowest BCUT2D eigenvalue weighted by molar-refractivity contribution is -0.137. The number of urea groups is 1. The molecule has 7 N–H and O–H groups in total. The Labute approximate surface area is 199 Å². The zero-order valence-corrected chi connectivity index (χ0v) is 19.3. The van der Waals surface area contributed by atoms with Crippen LogP contribution in [0, 0.1) is 0 Å². The lowest BCUT2D eigenvalue weighted by Gasteiger charge is -2.16. The Hall–Kier alpha value is -3.63. The number of nitrogens with zero attached hydrogens (tertiary/aromatic N) is 4. The average Bonchev–Trinajstić information content (AvgIpc) is 3.35. The van der Waals surface area contributed by atoms with Crippen LogP contribution in [0.3, 0.4) is 0 Å². The average molecular weight is 505 g/mol. The van der Waals surface area contributed by atoms with Gasteiger partial charge < -0.3 is 25.6 Å². The molecule has 4 rings (SSSR count). The van der Waals surface area contributed by atoms with Gasteiger partial charge in [-0.3, -0.25) is 19.8 Å². The van der Waals surface area contributed by atoms with E-state index in [1.807, 2.05) is 0 Å². The molecule has 3 heterocycles. The molecule has 3 unspecified atom stereocenters. The van der Waals surface area contributed by atoms with E-state index in [2.05, 4.69) is 36.8 Å². The highest BCUT2D eigenvalue weighted by atomic mass is 32.2. The minimum Gasteiger partial charge on any atom is -0.387 e. The molecule has 1 aliphatic heterocycles. The lowest BCUT2D eigenvalue weighted by atomic mass is 10.1. The Balaban J connectivity index is 1.57. The van der Waals surface area contributed by atoms with E-state index in [1.54, 1.807) is 19.1 Å². The second-order valence-electron chi connectivity index (χ2n) is 7.67. The van der Waals surface area contributed by atoms with E-state index in [4.69, 9.17) is 9.88 Å². The Bertz CT molecular complexity index is 1380. The molecule has 0 radical (unpaired) electrons. The second-order valence-corrected chi connectivity index (χ2v) is 9.56. The molecule has 35 heavy (non-hydrogen) atoms. The van der Waals surface area contributed by atoms with Crippen molar-refractivity contribution in [3.8, 4) is 0 Å². The standard InChI is InChI=1S/C20H24N8O6S/c1-3-22-18(31)15-13(29)14(30)19(34-15)28-9-25-12-16(23-8-24-17(12)28)27-20(32)26-10-6-4-5-7-11(10)35(2,21)33/h4-9,13-15,19,29-30H,2-3H2,1H3,(H2,21,33)(H,22,31)(H2,23,24,26,27,32)/t13?,14?,15-,19+,35?/m0/s1. The van der Waals surface area contributed by atoms with Gasteiger partial charge in [0.05, 0.1) is 26.6 Å². The minimum absolute atomic E-state index is 0.0279. The number of aromatic nitrogens is 4. The van der Waals surface area contributed by atoms with Crippen molar-refractivity contribution in [1.82, 2.24) is 24.8 Å². The number of nitrogens with two attached hydrogens (primary N) is 1. The Morgan fingerprint density at radius 1 is 1.20 bits per heavy atom. The molecule has 186 valence electrons. The van der Waals surface area contributed by atoms with Crippen LogP contribution in [-0.2, 0) is 19.2 Å². The number of aliphatic hydroxyl groups excluding tert-OH is 2. The fourth-order valence-corrected chi connectivity index (χ4v) is 4.44.